The van der Waals surface area contributed by atoms with E-state index in [1.807, 2.05) is 19.9 Å². The first-order chi connectivity index (χ1) is 6.20. The summed E-state index contributed by atoms with van der Waals surface area (Å²) in [6.07, 6.45) is 0. The van der Waals surface area contributed by atoms with Crippen LogP contribution in [0.1, 0.15) is 10.6 Å². The van der Waals surface area contributed by atoms with E-state index < -0.39 is 0 Å². The van der Waals surface area contributed by atoms with Gasteiger partial charge >= 0.3 is 0 Å². The Morgan fingerprint density at radius 2 is 2.08 bits per heavy atom. The van der Waals surface area contributed by atoms with Crippen molar-refractivity contribution in [2.75, 3.05) is 7.11 Å². The molecule has 0 aromatic carbocycles. The summed E-state index contributed by atoms with van der Waals surface area (Å²) in [5, 5.41) is 1.04. The molecule has 2 aromatic heterocycles. The van der Waals surface area contributed by atoms with Gasteiger partial charge in [0, 0.05) is 6.07 Å². The van der Waals surface area contributed by atoms with Gasteiger partial charge in [0.2, 0.25) is 5.88 Å². The van der Waals surface area contributed by atoms with Crippen molar-refractivity contribution in [1.82, 2.24) is 9.97 Å². The van der Waals surface area contributed by atoms with Crippen molar-refractivity contribution in [3.8, 4) is 5.88 Å². The second-order valence-electron chi connectivity index (χ2n) is 2.87. The van der Waals surface area contributed by atoms with Gasteiger partial charge in [0.25, 0.3) is 0 Å². The maximum absolute atomic E-state index is 5.08. The molecule has 0 spiro atoms. The molecule has 0 amide bonds. The van der Waals surface area contributed by atoms with Crippen LogP contribution in [0, 0.1) is 13.8 Å². The Labute approximate surface area is 80.4 Å². The molecular formula is C9H10N2OS. The quantitative estimate of drug-likeness (QED) is 0.698. The van der Waals surface area contributed by atoms with Crippen molar-refractivity contribution in [1.29, 1.82) is 0 Å². The summed E-state index contributed by atoms with van der Waals surface area (Å²) < 4.78 is 5.08. The number of aryl methyl sites for hydroxylation is 2. The first-order valence-corrected chi connectivity index (χ1v) is 4.81. The molecule has 0 saturated heterocycles. The predicted molar refractivity (Wildman–Crippen MR) is 53.4 cm³/mol. The van der Waals surface area contributed by atoms with E-state index >= 15 is 0 Å². The number of hydrogen-bond acceptors (Lipinski definition) is 4. The number of fused-ring (bicyclic) bond motifs is 1. The Morgan fingerprint density at radius 1 is 1.31 bits per heavy atom. The first kappa shape index (κ1) is 8.44. The fraction of sp³-hybridized carbons (Fsp3) is 0.333. The van der Waals surface area contributed by atoms with Gasteiger partial charge in [-0.3, -0.25) is 0 Å². The maximum atomic E-state index is 5.08. The van der Waals surface area contributed by atoms with Crippen molar-refractivity contribution in [3.63, 3.8) is 0 Å². The normalized spacial score (nSPS) is 10.7. The molecule has 2 aromatic rings. The summed E-state index contributed by atoms with van der Waals surface area (Å²) in [6, 6.07) is 1.90. The molecule has 0 radical (unpaired) electrons. The van der Waals surface area contributed by atoms with E-state index in [1.54, 1.807) is 18.4 Å². The highest BCUT2D eigenvalue weighted by atomic mass is 32.1. The van der Waals surface area contributed by atoms with Gasteiger partial charge in [-0.05, 0) is 19.4 Å². The van der Waals surface area contributed by atoms with Crippen molar-refractivity contribution >= 4 is 21.7 Å². The Bertz CT molecular complexity index is 450. The molecule has 0 bridgehead atoms. The van der Waals surface area contributed by atoms with Crippen LogP contribution in [0.15, 0.2) is 6.07 Å². The molecule has 0 aliphatic heterocycles. The Hall–Kier alpha value is -1.16. The van der Waals surface area contributed by atoms with E-state index in [2.05, 4.69) is 9.97 Å². The fourth-order valence-electron chi connectivity index (χ4n) is 1.24. The van der Waals surface area contributed by atoms with Crippen LogP contribution in [-0.4, -0.2) is 17.1 Å². The SMILES string of the molecule is COc1cc(C)c2nc(C)sc2n1. The molecule has 0 fully saturated rings. The van der Waals surface area contributed by atoms with Gasteiger partial charge in [-0.25, -0.2) is 9.97 Å². The molecular weight excluding hydrogens is 184 g/mol. The van der Waals surface area contributed by atoms with Crippen LogP contribution in [0.3, 0.4) is 0 Å². The number of hydrogen-bond donors (Lipinski definition) is 0. The number of methoxy groups -OCH3 is 1. The zero-order valence-electron chi connectivity index (χ0n) is 7.79. The van der Waals surface area contributed by atoms with Crippen molar-refractivity contribution in [2.45, 2.75) is 13.8 Å². The van der Waals surface area contributed by atoms with Gasteiger partial charge in [0.1, 0.15) is 10.3 Å². The molecule has 3 nitrogen and oxygen atoms in total. The smallest absolute Gasteiger partial charge is 0.214 e. The van der Waals surface area contributed by atoms with Crippen LogP contribution >= 0.6 is 11.3 Å². The number of pyridine rings is 1. The fourth-order valence-corrected chi connectivity index (χ4v) is 2.10. The minimum atomic E-state index is 0.661. The third-order valence-electron chi connectivity index (χ3n) is 1.85. The van der Waals surface area contributed by atoms with Gasteiger partial charge in [-0.2, -0.15) is 0 Å². The van der Waals surface area contributed by atoms with Gasteiger partial charge < -0.3 is 4.74 Å². The van der Waals surface area contributed by atoms with Crippen LogP contribution in [-0.2, 0) is 0 Å². The second-order valence-corrected chi connectivity index (χ2v) is 4.05. The molecule has 2 rings (SSSR count). The van der Waals surface area contributed by atoms with Crippen molar-refractivity contribution in [2.24, 2.45) is 0 Å². The lowest BCUT2D eigenvalue weighted by Gasteiger charge is -1.99. The molecule has 2 heterocycles. The maximum Gasteiger partial charge on any atom is 0.214 e. The topological polar surface area (TPSA) is 35.0 Å². The van der Waals surface area contributed by atoms with Gasteiger partial charge in [0.05, 0.1) is 12.1 Å². The van der Waals surface area contributed by atoms with E-state index in [9.17, 15) is 0 Å². The summed E-state index contributed by atoms with van der Waals surface area (Å²) in [4.78, 5) is 9.65. The van der Waals surface area contributed by atoms with E-state index in [0.717, 1.165) is 20.9 Å². The van der Waals surface area contributed by atoms with E-state index in [0.29, 0.717) is 5.88 Å². The first-order valence-electron chi connectivity index (χ1n) is 3.99. The van der Waals surface area contributed by atoms with Crippen molar-refractivity contribution in [3.05, 3.63) is 16.6 Å². The molecule has 0 saturated carbocycles. The number of rotatable bonds is 1. The predicted octanol–water partition coefficient (Wildman–Crippen LogP) is 2.32. The molecule has 0 unspecified atom stereocenters. The van der Waals surface area contributed by atoms with Gasteiger partial charge in [-0.1, -0.05) is 11.3 Å². The summed E-state index contributed by atoms with van der Waals surface area (Å²) in [7, 11) is 1.63. The van der Waals surface area contributed by atoms with Crippen LogP contribution in [0.5, 0.6) is 5.88 Å². The molecule has 68 valence electrons. The number of nitrogens with zero attached hydrogens (tertiary/aromatic N) is 2. The molecule has 0 N–H and O–H groups in total. The van der Waals surface area contributed by atoms with Gasteiger partial charge in [-0.15, -0.1) is 0 Å². The Balaban J connectivity index is 2.75. The van der Waals surface area contributed by atoms with E-state index in [1.165, 1.54) is 0 Å². The van der Waals surface area contributed by atoms with Crippen molar-refractivity contribution < 1.29 is 4.74 Å². The Kier molecular flexibility index (Phi) is 1.92. The highest BCUT2D eigenvalue weighted by Gasteiger charge is 2.06. The number of ether oxygens (including phenoxy) is 1. The monoisotopic (exact) mass is 194 g/mol. The minimum absolute atomic E-state index is 0.661. The molecule has 13 heavy (non-hydrogen) atoms. The summed E-state index contributed by atoms with van der Waals surface area (Å²) in [6.45, 7) is 4.00. The largest absolute Gasteiger partial charge is 0.481 e. The molecule has 0 atom stereocenters. The van der Waals surface area contributed by atoms with Gasteiger partial charge in [0.15, 0.2) is 0 Å². The number of aromatic nitrogens is 2. The molecule has 0 aliphatic carbocycles. The van der Waals surface area contributed by atoms with Crippen LogP contribution < -0.4 is 4.74 Å². The third kappa shape index (κ3) is 1.37. The summed E-state index contributed by atoms with van der Waals surface area (Å²) >= 11 is 1.59. The van der Waals surface area contributed by atoms with Crippen LogP contribution in [0.2, 0.25) is 0 Å². The highest BCUT2D eigenvalue weighted by Crippen LogP contribution is 2.25. The Morgan fingerprint density at radius 3 is 2.77 bits per heavy atom. The van der Waals surface area contributed by atoms with Crippen LogP contribution in [0.4, 0.5) is 0 Å². The van der Waals surface area contributed by atoms with Crippen LogP contribution in [0.25, 0.3) is 10.3 Å². The number of thiazole rings is 1. The average Bonchev–Trinajstić information content (AvgIpc) is 2.46. The molecule has 4 heteroatoms. The minimum Gasteiger partial charge on any atom is -0.481 e. The zero-order valence-corrected chi connectivity index (χ0v) is 8.60. The average molecular weight is 194 g/mol. The molecule has 0 aliphatic rings. The third-order valence-corrected chi connectivity index (χ3v) is 2.72. The summed E-state index contributed by atoms with van der Waals surface area (Å²) in [5.74, 6) is 0.661. The summed E-state index contributed by atoms with van der Waals surface area (Å²) in [5.41, 5.74) is 2.11. The van der Waals surface area contributed by atoms with E-state index in [4.69, 9.17) is 4.74 Å². The van der Waals surface area contributed by atoms with E-state index in [-0.39, 0.29) is 0 Å². The lowest BCUT2D eigenvalue weighted by Crippen LogP contribution is -1.88. The zero-order chi connectivity index (χ0) is 9.42. The highest BCUT2D eigenvalue weighted by molar-refractivity contribution is 7.18. The lowest BCUT2D eigenvalue weighted by atomic mass is 10.3. The standard InChI is InChI=1S/C9H10N2OS/c1-5-4-7(12-3)11-9-8(5)10-6(2)13-9/h4H,1-3H3. The lowest BCUT2D eigenvalue weighted by molar-refractivity contribution is 0.399. The second kappa shape index (κ2) is 2.96.